The van der Waals surface area contributed by atoms with Gasteiger partial charge in [-0.1, -0.05) is 27.7 Å². The molecule has 112 valence electrons. The van der Waals surface area contributed by atoms with Gasteiger partial charge in [0.2, 0.25) is 5.91 Å². The van der Waals surface area contributed by atoms with Crippen LogP contribution in [-0.4, -0.2) is 49.1 Å². The Morgan fingerprint density at radius 1 is 1.32 bits per heavy atom. The Balaban J connectivity index is 2.32. The number of hydrogen-bond donors (Lipinski definition) is 2. The Morgan fingerprint density at radius 2 is 2.00 bits per heavy atom. The van der Waals surface area contributed by atoms with Gasteiger partial charge in [-0.05, 0) is 31.7 Å². The first-order valence-electron chi connectivity index (χ1n) is 7.85. The van der Waals surface area contributed by atoms with Crippen LogP contribution in [0.25, 0.3) is 0 Å². The molecule has 0 aliphatic carbocycles. The van der Waals surface area contributed by atoms with E-state index in [-0.39, 0.29) is 5.91 Å². The summed E-state index contributed by atoms with van der Waals surface area (Å²) in [6.45, 7) is 12.3. The van der Waals surface area contributed by atoms with Gasteiger partial charge in [0, 0.05) is 25.2 Å². The lowest BCUT2D eigenvalue weighted by Crippen LogP contribution is -2.51. The molecule has 1 amide bonds. The van der Waals surface area contributed by atoms with Gasteiger partial charge in [0.05, 0.1) is 6.54 Å². The van der Waals surface area contributed by atoms with Gasteiger partial charge in [0.25, 0.3) is 0 Å². The van der Waals surface area contributed by atoms with Crippen LogP contribution in [0.5, 0.6) is 0 Å². The molecule has 0 aromatic carbocycles. The molecule has 1 aliphatic heterocycles. The second kappa shape index (κ2) is 8.54. The highest BCUT2D eigenvalue weighted by molar-refractivity contribution is 5.78. The summed E-state index contributed by atoms with van der Waals surface area (Å²) in [5, 5.41) is 6.65. The van der Waals surface area contributed by atoms with Crippen LogP contribution in [0, 0.1) is 5.92 Å². The average Bonchev–Trinajstić information content (AvgIpc) is 2.39. The minimum Gasteiger partial charge on any atom is -0.352 e. The second-order valence-corrected chi connectivity index (χ2v) is 5.75. The van der Waals surface area contributed by atoms with Gasteiger partial charge in [0.15, 0.2) is 0 Å². The van der Waals surface area contributed by atoms with E-state index in [4.69, 9.17) is 0 Å². The summed E-state index contributed by atoms with van der Waals surface area (Å²) in [4.78, 5) is 14.3. The van der Waals surface area contributed by atoms with Gasteiger partial charge in [-0.3, -0.25) is 9.69 Å². The van der Waals surface area contributed by atoms with Gasteiger partial charge in [-0.25, -0.2) is 0 Å². The molecule has 1 saturated heterocycles. The van der Waals surface area contributed by atoms with Crippen LogP contribution in [0.2, 0.25) is 0 Å². The molecule has 0 bridgehead atoms. The first kappa shape index (κ1) is 16.4. The number of amides is 1. The highest BCUT2D eigenvalue weighted by Crippen LogP contribution is 2.16. The average molecular weight is 269 g/mol. The van der Waals surface area contributed by atoms with Crippen molar-refractivity contribution in [2.75, 3.05) is 26.2 Å². The Labute approximate surface area is 118 Å². The van der Waals surface area contributed by atoms with E-state index in [1.807, 2.05) is 0 Å². The molecule has 0 spiro atoms. The van der Waals surface area contributed by atoms with Gasteiger partial charge in [0.1, 0.15) is 0 Å². The van der Waals surface area contributed by atoms with Crippen LogP contribution in [0.1, 0.15) is 47.0 Å². The number of nitrogens with zero attached hydrogens (tertiary/aromatic N) is 1. The Bertz CT molecular complexity index is 266. The van der Waals surface area contributed by atoms with Gasteiger partial charge in [-0.2, -0.15) is 0 Å². The molecule has 4 heteroatoms. The van der Waals surface area contributed by atoms with Gasteiger partial charge < -0.3 is 10.6 Å². The summed E-state index contributed by atoms with van der Waals surface area (Å²) in [7, 11) is 0. The molecule has 1 heterocycles. The predicted molar refractivity (Wildman–Crippen MR) is 80.2 cm³/mol. The molecule has 2 N–H and O–H groups in total. The fourth-order valence-electron chi connectivity index (χ4n) is 2.91. The number of nitrogens with one attached hydrogen (secondary N) is 2. The van der Waals surface area contributed by atoms with Crippen LogP contribution in [0.3, 0.4) is 0 Å². The maximum atomic E-state index is 12.0. The number of carbonyl (C=O) groups is 1. The minimum atomic E-state index is 0.183. The van der Waals surface area contributed by atoms with E-state index in [0.717, 1.165) is 38.9 Å². The van der Waals surface area contributed by atoms with Crippen molar-refractivity contribution in [2.24, 2.45) is 5.92 Å². The summed E-state index contributed by atoms with van der Waals surface area (Å²) in [6, 6.07) is 0.951. The molecule has 2 atom stereocenters. The standard InChI is InChI=1S/C15H31N3O/c1-5-13(6-2)17-15(19)11-18-9-8-14(16-7-3)12(4)10-18/h12-14,16H,5-11H2,1-4H3,(H,17,19). The third-order valence-corrected chi connectivity index (χ3v) is 4.17. The van der Waals surface area contributed by atoms with E-state index in [9.17, 15) is 4.79 Å². The molecular formula is C15H31N3O. The summed E-state index contributed by atoms with van der Waals surface area (Å²) in [6.07, 6.45) is 3.18. The van der Waals surface area contributed by atoms with Crippen molar-refractivity contribution < 1.29 is 4.79 Å². The Morgan fingerprint density at radius 3 is 2.53 bits per heavy atom. The lowest BCUT2D eigenvalue weighted by molar-refractivity contribution is -0.123. The number of piperidine rings is 1. The highest BCUT2D eigenvalue weighted by atomic mass is 16.2. The van der Waals surface area contributed by atoms with E-state index >= 15 is 0 Å². The fourth-order valence-corrected chi connectivity index (χ4v) is 2.91. The largest absolute Gasteiger partial charge is 0.352 e. The molecule has 0 saturated carbocycles. The van der Waals surface area contributed by atoms with E-state index < -0.39 is 0 Å². The van der Waals surface area contributed by atoms with Crippen LogP contribution < -0.4 is 10.6 Å². The topological polar surface area (TPSA) is 44.4 Å². The summed E-state index contributed by atoms with van der Waals surface area (Å²) in [5.74, 6) is 0.803. The van der Waals surface area contributed by atoms with Crippen molar-refractivity contribution in [2.45, 2.75) is 59.0 Å². The zero-order valence-corrected chi connectivity index (χ0v) is 13.0. The third kappa shape index (κ3) is 5.49. The maximum Gasteiger partial charge on any atom is 0.234 e. The van der Waals surface area contributed by atoms with Gasteiger partial charge in [-0.15, -0.1) is 0 Å². The van der Waals surface area contributed by atoms with Crippen LogP contribution >= 0.6 is 0 Å². The number of carbonyl (C=O) groups excluding carboxylic acids is 1. The fraction of sp³-hybridized carbons (Fsp3) is 0.933. The first-order chi connectivity index (χ1) is 9.10. The zero-order valence-electron chi connectivity index (χ0n) is 13.0. The zero-order chi connectivity index (χ0) is 14.3. The number of hydrogen-bond acceptors (Lipinski definition) is 3. The molecule has 2 unspecified atom stereocenters. The molecule has 0 radical (unpaired) electrons. The van der Waals surface area contributed by atoms with Crippen molar-refractivity contribution in [1.29, 1.82) is 0 Å². The monoisotopic (exact) mass is 269 g/mol. The van der Waals surface area contributed by atoms with Crippen molar-refractivity contribution in [1.82, 2.24) is 15.5 Å². The normalized spacial score (nSPS) is 24.7. The Kier molecular flexibility index (Phi) is 7.39. The molecule has 0 aromatic heterocycles. The molecule has 1 aliphatic rings. The summed E-state index contributed by atoms with van der Waals surface area (Å²) in [5.41, 5.74) is 0. The van der Waals surface area contributed by atoms with Crippen molar-refractivity contribution in [3.05, 3.63) is 0 Å². The summed E-state index contributed by atoms with van der Waals surface area (Å²) < 4.78 is 0. The van der Waals surface area contributed by atoms with Crippen LogP contribution in [0.15, 0.2) is 0 Å². The number of likely N-dealkylation sites (tertiary alicyclic amines) is 1. The lowest BCUT2D eigenvalue weighted by Gasteiger charge is -2.37. The van der Waals surface area contributed by atoms with Crippen LogP contribution in [-0.2, 0) is 4.79 Å². The highest BCUT2D eigenvalue weighted by Gasteiger charge is 2.26. The van der Waals surface area contributed by atoms with Crippen LogP contribution in [0.4, 0.5) is 0 Å². The van der Waals surface area contributed by atoms with E-state index in [1.54, 1.807) is 0 Å². The van der Waals surface area contributed by atoms with Gasteiger partial charge >= 0.3 is 0 Å². The molecule has 4 nitrogen and oxygen atoms in total. The molecule has 0 aromatic rings. The maximum absolute atomic E-state index is 12.0. The smallest absolute Gasteiger partial charge is 0.234 e. The van der Waals surface area contributed by atoms with E-state index in [1.165, 1.54) is 0 Å². The molecule has 1 rings (SSSR count). The third-order valence-electron chi connectivity index (χ3n) is 4.17. The SMILES string of the molecule is CCNC1CCN(CC(=O)NC(CC)CC)CC1C. The lowest BCUT2D eigenvalue weighted by atomic mass is 9.94. The van der Waals surface area contributed by atoms with Crippen molar-refractivity contribution in [3.8, 4) is 0 Å². The Hall–Kier alpha value is -0.610. The number of rotatable bonds is 7. The van der Waals surface area contributed by atoms with E-state index in [0.29, 0.717) is 24.5 Å². The first-order valence-corrected chi connectivity index (χ1v) is 7.85. The second-order valence-electron chi connectivity index (χ2n) is 5.75. The minimum absolute atomic E-state index is 0.183. The van der Waals surface area contributed by atoms with E-state index in [2.05, 4.69) is 43.2 Å². The molecule has 19 heavy (non-hydrogen) atoms. The van der Waals surface area contributed by atoms with Crippen molar-refractivity contribution in [3.63, 3.8) is 0 Å². The molecule has 1 fully saturated rings. The van der Waals surface area contributed by atoms with Crippen molar-refractivity contribution >= 4 is 5.91 Å². The summed E-state index contributed by atoms with van der Waals surface area (Å²) >= 11 is 0. The molecular weight excluding hydrogens is 238 g/mol. The predicted octanol–water partition coefficient (Wildman–Crippen LogP) is 1.61. The quantitative estimate of drug-likeness (QED) is 0.738.